The lowest BCUT2D eigenvalue weighted by Gasteiger charge is -2.36. The molecule has 3 N–H and O–H groups in total. The summed E-state index contributed by atoms with van der Waals surface area (Å²) in [6, 6.07) is 7.42. The minimum absolute atomic E-state index is 0.267. The molecule has 0 saturated heterocycles. The van der Waals surface area contributed by atoms with E-state index >= 15 is 0 Å². The van der Waals surface area contributed by atoms with Crippen molar-refractivity contribution in [1.29, 1.82) is 0 Å². The van der Waals surface area contributed by atoms with Crippen LogP contribution in [-0.2, 0) is 17.5 Å². The molecule has 1 saturated carbocycles. The number of pyridine rings is 1. The zero-order valence-electron chi connectivity index (χ0n) is 16.3. The molecule has 0 aliphatic heterocycles. The Balaban J connectivity index is 1.71. The van der Waals surface area contributed by atoms with Crippen molar-refractivity contribution in [3.63, 3.8) is 0 Å². The molecule has 6 nitrogen and oxygen atoms in total. The molecular weight excluding hydrogens is 397 g/mol. The molecule has 0 spiro atoms. The van der Waals surface area contributed by atoms with Gasteiger partial charge in [0.05, 0.1) is 11.3 Å². The standard InChI is InChI=1S/C21H23F3N4O2/c22-21(23,24)16-6-2-3-7-17(16)27-19(30)28-20(10-4-1-5-11-20)18(29)26-14-15-8-12-25-13-9-15/h2-3,6-9,12-13H,1,4-5,10-11,14H2,(H,26,29)(H2,27,28,30). The van der Waals surface area contributed by atoms with Crippen molar-refractivity contribution < 1.29 is 22.8 Å². The molecule has 1 fully saturated rings. The summed E-state index contributed by atoms with van der Waals surface area (Å²) in [5.74, 6) is -0.349. The molecule has 2 aromatic rings. The van der Waals surface area contributed by atoms with Crippen molar-refractivity contribution in [2.45, 2.75) is 50.4 Å². The summed E-state index contributed by atoms with van der Waals surface area (Å²) in [5, 5.41) is 7.74. The third kappa shape index (κ3) is 5.28. The molecule has 1 aromatic heterocycles. The summed E-state index contributed by atoms with van der Waals surface area (Å²) in [6.07, 6.45) is 1.87. The van der Waals surface area contributed by atoms with Crippen LogP contribution >= 0.6 is 0 Å². The summed E-state index contributed by atoms with van der Waals surface area (Å²) in [6.45, 7) is 0.267. The second-order valence-electron chi connectivity index (χ2n) is 7.30. The maximum atomic E-state index is 13.2. The first-order valence-electron chi connectivity index (χ1n) is 9.73. The molecule has 1 aromatic carbocycles. The normalized spacial score (nSPS) is 15.8. The summed E-state index contributed by atoms with van der Waals surface area (Å²) in [4.78, 5) is 29.4. The number of urea groups is 1. The number of anilines is 1. The number of benzene rings is 1. The van der Waals surface area contributed by atoms with E-state index in [2.05, 4.69) is 20.9 Å². The minimum Gasteiger partial charge on any atom is -0.350 e. The van der Waals surface area contributed by atoms with Crippen molar-refractivity contribution in [1.82, 2.24) is 15.6 Å². The summed E-state index contributed by atoms with van der Waals surface area (Å²) in [5.41, 5.74) is -1.61. The third-order valence-corrected chi connectivity index (χ3v) is 5.18. The van der Waals surface area contributed by atoms with Crippen molar-refractivity contribution in [3.05, 3.63) is 59.9 Å². The fraction of sp³-hybridized carbons (Fsp3) is 0.381. The molecule has 9 heteroatoms. The van der Waals surface area contributed by atoms with Gasteiger partial charge in [0.1, 0.15) is 5.54 Å². The Bertz CT molecular complexity index is 881. The molecular formula is C21H23F3N4O2. The predicted molar refractivity (Wildman–Crippen MR) is 105 cm³/mol. The van der Waals surface area contributed by atoms with Gasteiger partial charge in [0, 0.05) is 18.9 Å². The number of aromatic nitrogens is 1. The highest BCUT2D eigenvalue weighted by Crippen LogP contribution is 2.35. The predicted octanol–water partition coefficient (Wildman–Crippen LogP) is 4.24. The molecule has 1 heterocycles. The third-order valence-electron chi connectivity index (χ3n) is 5.18. The Morgan fingerprint density at radius 1 is 1.00 bits per heavy atom. The van der Waals surface area contributed by atoms with Crippen molar-refractivity contribution >= 4 is 17.6 Å². The van der Waals surface area contributed by atoms with Crippen LogP contribution in [0.25, 0.3) is 0 Å². The summed E-state index contributed by atoms with van der Waals surface area (Å²) in [7, 11) is 0. The van der Waals surface area contributed by atoms with Crippen molar-refractivity contribution in [2.24, 2.45) is 0 Å². The SMILES string of the molecule is O=C(Nc1ccccc1C(F)(F)F)NC1(C(=O)NCc2ccncc2)CCCCC1. The number of nitrogens with one attached hydrogen (secondary N) is 3. The largest absolute Gasteiger partial charge is 0.418 e. The van der Waals surface area contributed by atoms with Crippen molar-refractivity contribution in [2.75, 3.05) is 5.32 Å². The zero-order valence-corrected chi connectivity index (χ0v) is 16.3. The van der Waals surface area contributed by atoms with E-state index in [-0.39, 0.29) is 18.1 Å². The van der Waals surface area contributed by atoms with Crippen LogP contribution in [0.2, 0.25) is 0 Å². The second kappa shape index (κ2) is 9.15. The van der Waals surface area contributed by atoms with E-state index in [9.17, 15) is 22.8 Å². The van der Waals surface area contributed by atoms with E-state index in [1.54, 1.807) is 24.5 Å². The average Bonchev–Trinajstić information content (AvgIpc) is 2.73. The fourth-order valence-corrected chi connectivity index (χ4v) is 3.63. The van der Waals surface area contributed by atoms with Gasteiger partial charge in [-0.05, 0) is 42.7 Å². The van der Waals surface area contributed by atoms with E-state index < -0.39 is 23.3 Å². The first kappa shape index (κ1) is 21.6. The van der Waals surface area contributed by atoms with Gasteiger partial charge in [0.2, 0.25) is 5.91 Å². The fourth-order valence-electron chi connectivity index (χ4n) is 3.63. The monoisotopic (exact) mass is 420 g/mol. The zero-order chi connectivity index (χ0) is 21.6. The molecule has 0 bridgehead atoms. The molecule has 160 valence electrons. The number of amides is 3. The molecule has 0 atom stereocenters. The number of nitrogens with zero attached hydrogens (tertiary/aromatic N) is 1. The molecule has 30 heavy (non-hydrogen) atoms. The van der Waals surface area contributed by atoms with Crippen LogP contribution in [-0.4, -0.2) is 22.5 Å². The number of hydrogen-bond acceptors (Lipinski definition) is 3. The Kier molecular flexibility index (Phi) is 6.59. The second-order valence-corrected chi connectivity index (χ2v) is 7.30. The maximum absolute atomic E-state index is 13.2. The molecule has 3 amide bonds. The highest BCUT2D eigenvalue weighted by atomic mass is 19.4. The van der Waals surface area contributed by atoms with Crippen LogP contribution in [0.4, 0.5) is 23.7 Å². The van der Waals surface area contributed by atoms with E-state index in [0.29, 0.717) is 12.8 Å². The van der Waals surface area contributed by atoms with Gasteiger partial charge in [-0.2, -0.15) is 13.2 Å². The summed E-state index contributed by atoms with van der Waals surface area (Å²) < 4.78 is 39.5. The number of halogens is 3. The number of carbonyl (C=O) groups excluding carboxylic acids is 2. The molecule has 0 unspecified atom stereocenters. The highest BCUT2D eigenvalue weighted by molar-refractivity contribution is 5.96. The van der Waals surface area contributed by atoms with Gasteiger partial charge in [0.25, 0.3) is 0 Å². The Morgan fingerprint density at radius 3 is 2.33 bits per heavy atom. The van der Waals surface area contributed by atoms with E-state index in [4.69, 9.17) is 0 Å². The Hall–Kier alpha value is -3.10. The van der Waals surface area contributed by atoms with Crippen LogP contribution in [0.15, 0.2) is 48.8 Å². The lowest BCUT2D eigenvalue weighted by atomic mass is 9.81. The van der Waals surface area contributed by atoms with Gasteiger partial charge in [0.15, 0.2) is 0 Å². The number of rotatable bonds is 5. The average molecular weight is 420 g/mol. The van der Waals surface area contributed by atoms with Crippen LogP contribution < -0.4 is 16.0 Å². The lowest BCUT2D eigenvalue weighted by Crippen LogP contribution is -2.60. The number of hydrogen-bond donors (Lipinski definition) is 3. The quantitative estimate of drug-likeness (QED) is 0.677. The first-order valence-corrected chi connectivity index (χ1v) is 9.73. The van der Waals surface area contributed by atoms with Gasteiger partial charge in [-0.15, -0.1) is 0 Å². The van der Waals surface area contributed by atoms with Crippen LogP contribution in [0, 0.1) is 0 Å². The topological polar surface area (TPSA) is 83.1 Å². The van der Waals surface area contributed by atoms with Crippen LogP contribution in [0.3, 0.4) is 0 Å². The molecule has 3 rings (SSSR count). The smallest absolute Gasteiger partial charge is 0.350 e. The molecule has 1 aliphatic carbocycles. The van der Waals surface area contributed by atoms with Gasteiger partial charge in [-0.3, -0.25) is 9.78 Å². The van der Waals surface area contributed by atoms with Crippen LogP contribution in [0.1, 0.15) is 43.2 Å². The van der Waals surface area contributed by atoms with Gasteiger partial charge in [-0.25, -0.2) is 4.79 Å². The van der Waals surface area contributed by atoms with Gasteiger partial charge < -0.3 is 16.0 Å². The summed E-state index contributed by atoms with van der Waals surface area (Å²) >= 11 is 0. The Labute approximate surface area is 172 Å². The van der Waals surface area contributed by atoms with Gasteiger partial charge >= 0.3 is 12.2 Å². The van der Waals surface area contributed by atoms with Crippen LogP contribution in [0.5, 0.6) is 0 Å². The molecule has 1 aliphatic rings. The van der Waals surface area contributed by atoms with Crippen molar-refractivity contribution in [3.8, 4) is 0 Å². The highest BCUT2D eigenvalue weighted by Gasteiger charge is 2.41. The number of alkyl halides is 3. The van der Waals surface area contributed by atoms with Gasteiger partial charge in [-0.1, -0.05) is 31.4 Å². The maximum Gasteiger partial charge on any atom is 0.418 e. The van der Waals surface area contributed by atoms with E-state index in [1.165, 1.54) is 18.2 Å². The Morgan fingerprint density at radius 2 is 1.67 bits per heavy atom. The lowest BCUT2D eigenvalue weighted by molar-refractivity contribution is -0.137. The number of para-hydroxylation sites is 1. The first-order chi connectivity index (χ1) is 14.3. The van der Waals surface area contributed by atoms with E-state index in [0.717, 1.165) is 30.9 Å². The minimum atomic E-state index is -4.60. The number of carbonyl (C=O) groups is 2. The van der Waals surface area contributed by atoms with E-state index in [1.807, 2.05) is 0 Å². The molecule has 0 radical (unpaired) electrons.